The summed E-state index contributed by atoms with van der Waals surface area (Å²) in [4.78, 5) is 21.6. The number of halogens is 5. The van der Waals surface area contributed by atoms with Crippen molar-refractivity contribution in [3.8, 4) is 16.3 Å². The van der Waals surface area contributed by atoms with Crippen LogP contribution < -0.4 is 5.43 Å². The van der Waals surface area contributed by atoms with Gasteiger partial charge in [-0.15, -0.1) is 11.3 Å². The van der Waals surface area contributed by atoms with E-state index in [-0.39, 0.29) is 26.6 Å². The maximum Gasteiger partial charge on any atom is 0.433 e. The molecule has 5 nitrogen and oxygen atoms in total. The normalized spacial score (nSPS) is 12.1. The van der Waals surface area contributed by atoms with Crippen molar-refractivity contribution in [2.45, 2.75) is 20.0 Å². The second-order valence-corrected chi connectivity index (χ2v) is 9.18. The molecule has 4 heterocycles. The molecule has 34 heavy (non-hydrogen) atoms. The van der Waals surface area contributed by atoms with Crippen LogP contribution in [0.15, 0.2) is 47.4 Å². The third kappa shape index (κ3) is 3.72. The summed E-state index contributed by atoms with van der Waals surface area (Å²) < 4.78 is 55.7. The lowest BCUT2D eigenvalue weighted by atomic mass is 10.1. The Morgan fingerprint density at radius 1 is 1.09 bits per heavy atom. The average Bonchev–Trinajstić information content (AvgIpc) is 3.18. The highest BCUT2D eigenvalue weighted by Crippen LogP contribution is 2.36. The monoisotopic (exact) mass is 504 g/mol. The Kier molecular flexibility index (Phi) is 5.18. The van der Waals surface area contributed by atoms with Crippen LogP contribution in [0.25, 0.3) is 37.4 Å². The van der Waals surface area contributed by atoms with E-state index in [0.29, 0.717) is 21.5 Å². The number of thiophene rings is 1. The van der Waals surface area contributed by atoms with Crippen molar-refractivity contribution in [3.05, 3.63) is 80.6 Å². The predicted molar refractivity (Wildman–Crippen MR) is 123 cm³/mol. The minimum atomic E-state index is -4.60. The van der Waals surface area contributed by atoms with Crippen molar-refractivity contribution >= 4 is 44.1 Å². The van der Waals surface area contributed by atoms with E-state index in [1.807, 2.05) is 0 Å². The topological polar surface area (TPSA) is 60.7 Å². The lowest BCUT2D eigenvalue weighted by molar-refractivity contribution is -0.141. The number of pyridine rings is 2. The van der Waals surface area contributed by atoms with Crippen molar-refractivity contribution in [2.24, 2.45) is 0 Å². The Balaban J connectivity index is 1.82. The molecule has 0 aliphatic rings. The summed E-state index contributed by atoms with van der Waals surface area (Å²) in [5, 5.41) is 5.03. The second kappa shape index (κ2) is 7.85. The SMILES string of the molecule is Cc1cc2c(nc1C)c(=O)c(-c1cc3cnc(C(F)(F)F)cc3s1)nn2-c1ccc(Cl)cc1F. The fourth-order valence-corrected chi connectivity index (χ4v) is 4.75. The molecule has 0 saturated carbocycles. The highest BCUT2D eigenvalue weighted by Gasteiger charge is 2.32. The number of aryl methyl sites for hydroxylation is 2. The summed E-state index contributed by atoms with van der Waals surface area (Å²) in [6.07, 6.45) is -3.50. The highest BCUT2D eigenvalue weighted by molar-refractivity contribution is 7.22. The van der Waals surface area contributed by atoms with Gasteiger partial charge in [0, 0.05) is 27.0 Å². The summed E-state index contributed by atoms with van der Waals surface area (Å²) in [5.41, 5.74) is 0.175. The van der Waals surface area contributed by atoms with Crippen LogP contribution in [0, 0.1) is 19.7 Å². The molecule has 0 bridgehead atoms. The molecule has 1 aromatic carbocycles. The summed E-state index contributed by atoms with van der Waals surface area (Å²) >= 11 is 6.86. The van der Waals surface area contributed by atoms with Crippen molar-refractivity contribution < 1.29 is 17.6 Å². The van der Waals surface area contributed by atoms with Gasteiger partial charge in [0.15, 0.2) is 5.69 Å². The Bertz CT molecular complexity index is 1680. The Morgan fingerprint density at radius 3 is 2.56 bits per heavy atom. The van der Waals surface area contributed by atoms with Crippen molar-refractivity contribution in [1.82, 2.24) is 19.7 Å². The molecule has 0 aliphatic carbocycles. The molecule has 0 spiro atoms. The van der Waals surface area contributed by atoms with E-state index in [9.17, 15) is 22.4 Å². The van der Waals surface area contributed by atoms with E-state index in [1.54, 1.807) is 19.9 Å². The molecule has 5 aromatic rings. The molecule has 0 unspecified atom stereocenters. The lowest BCUT2D eigenvalue weighted by Crippen LogP contribution is -2.17. The predicted octanol–water partition coefficient (Wildman–Crippen LogP) is 6.49. The third-order valence-corrected chi connectivity index (χ3v) is 6.71. The van der Waals surface area contributed by atoms with Gasteiger partial charge in [-0.25, -0.2) is 14.1 Å². The van der Waals surface area contributed by atoms with E-state index in [2.05, 4.69) is 15.1 Å². The molecule has 0 atom stereocenters. The number of rotatable bonds is 2. The minimum absolute atomic E-state index is 0.0443. The molecule has 0 fully saturated rings. The van der Waals surface area contributed by atoms with E-state index in [0.717, 1.165) is 35.2 Å². The van der Waals surface area contributed by atoms with Gasteiger partial charge in [0.05, 0.1) is 10.4 Å². The number of alkyl halides is 3. The van der Waals surface area contributed by atoms with Gasteiger partial charge in [0.2, 0.25) is 5.43 Å². The zero-order valence-corrected chi connectivity index (χ0v) is 19.1. The molecule has 172 valence electrons. The first-order valence-electron chi connectivity index (χ1n) is 9.87. The van der Waals surface area contributed by atoms with Crippen LogP contribution >= 0.6 is 22.9 Å². The molecule has 0 aliphatic heterocycles. The van der Waals surface area contributed by atoms with Crippen LogP contribution in [0.3, 0.4) is 0 Å². The van der Waals surface area contributed by atoms with Gasteiger partial charge in [-0.05, 0) is 55.8 Å². The van der Waals surface area contributed by atoms with Gasteiger partial charge >= 0.3 is 6.18 Å². The van der Waals surface area contributed by atoms with Gasteiger partial charge in [0.25, 0.3) is 0 Å². The number of fused-ring (bicyclic) bond motifs is 2. The average molecular weight is 505 g/mol. The van der Waals surface area contributed by atoms with Crippen molar-refractivity contribution in [3.63, 3.8) is 0 Å². The molecular weight excluding hydrogens is 492 g/mol. The molecular formula is C23H13ClF4N4OS. The fraction of sp³-hybridized carbons (Fsp3) is 0.130. The lowest BCUT2D eigenvalue weighted by Gasteiger charge is -2.13. The van der Waals surface area contributed by atoms with Gasteiger partial charge in [-0.2, -0.15) is 18.3 Å². The molecule has 0 amide bonds. The summed E-state index contributed by atoms with van der Waals surface area (Å²) in [6, 6.07) is 8.19. The van der Waals surface area contributed by atoms with Crippen LogP contribution in [0.5, 0.6) is 0 Å². The van der Waals surface area contributed by atoms with E-state index < -0.39 is 23.1 Å². The van der Waals surface area contributed by atoms with Crippen LogP contribution in [0.4, 0.5) is 17.6 Å². The Morgan fingerprint density at radius 2 is 1.85 bits per heavy atom. The van der Waals surface area contributed by atoms with E-state index in [1.165, 1.54) is 22.9 Å². The number of hydrogen-bond donors (Lipinski definition) is 0. The maximum absolute atomic E-state index is 14.8. The van der Waals surface area contributed by atoms with Gasteiger partial charge < -0.3 is 0 Å². The number of hydrogen-bond acceptors (Lipinski definition) is 5. The molecule has 11 heteroatoms. The van der Waals surface area contributed by atoms with Gasteiger partial charge in [0.1, 0.15) is 22.7 Å². The smallest absolute Gasteiger partial charge is 0.285 e. The molecule has 0 saturated heterocycles. The van der Waals surface area contributed by atoms with Crippen LogP contribution in [0.2, 0.25) is 5.02 Å². The minimum Gasteiger partial charge on any atom is -0.285 e. The summed E-state index contributed by atoms with van der Waals surface area (Å²) in [6.45, 7) is 3.55. The van der Waals surface area contributed by atoms with Gasteiger partial charge in [-0.1, -0.05) is 11.6 Å². The first-order chi connectivity index (χ1) is 16.0. The zero-order valence-electron chi connectivity index (χ0n) is 17.5. The van der Waals surface area contributed by atoms with Crippen molar-refractivity contribution in [2.75, 3.05) is 0 Å². The first-order valence-corrected chi connectivity index (χ1v) is 11.1. The van der Waals surface area contributed by atoms with Crippen molar-refractivity contribution in [1.29, 1.82) is 0 Å². The molecule has 0 N–H and O–H groups in total. The Labute approximate surface area is 198 Å². The number of benzene rings is 1. The molecule has 0 radical (unpaired) electrons. The standard InChI is InChI=1S/C23H13ClF4N4OS/c1-10-5-16-20(30-11(10)2)22(33)21(31-32(16)15-4-3-13(24)7-14(15)25)18-6-12-9-29-19(23(26,27)28)8-17(12)34-18/h3-9H,1-2H3. The first kappa shape index (κ1) is 22.4. The molecule has 4 aromatic heterocycles. The van der Waals surface area contributed by atoms with Crippen LogP contribution in [-0.4, -0.2) is 19.7 Å². The largest absolute Gasteiger partial charge is 0.433 e. The van der Waals surface area contributed by atoms with E-state index >= 15 is 0 Å². The summed E-state index contributed by atoms with van der Waals surface area (Å²) in [7, 11) is 0. The maximum atomic E-state index is 14.8. The summed E-state index contributed by atoms with van der Waals surface area (Å²) in [5.74, 6) is -0.663. The quantitative estimate of drug-likeness (QED) is 0.258. The number of nitrogens with zero attached hydrogens (tertiary/aromatic N) is 4. The second-order valence-electron chi connectivity index (χ2n) is 7.66. The molecule has 5 rings (SSSR count). The zero-order chi connectivity index (χ0) is 24.4. The van der Waals surface area contributed by atoms with Crippen LogP contribution in [-0.2, 0) is 6.18 Å². The Hall–Kier alpha value is -3.37. The van der Waals surface area contributed by atoms with Crippen LogP contribution in [0.1, 0.15) is 17.0 Å². The highest BCUT2D eigenvalue weighted by atomic mass is 35.5. The number of aromatic nitrogens is 4. The third-order valence-electron chi connectivity index (χ3n) is 5.37. The fourth-order valence-electron chi connectivity index (χ4n) is 3.53. The van der Waals surface area contributed by atoms with E-state index in [4.69, 9.17) is 11.6 Å². The van der Waals surface area contributed by atoms with Gasteiger partial charge in [-0.3, -0.25) is 9.78 Å².